The molecule has 508 valence electrons. The molecule has 4 saturated heterocycles. The first-order valence-electron chi connectivity index (χ1n) is 27.7. The zero-order valence-electron chi connectivity index (χ0n) is 49.2. The highest BCUT2D eigenvalue weighted by Crippen LogP contribution is 2.60. The predicted octanol–water partition coefficient (Wildman–Crippen LogP) is 14.5. The van der Waals surface area contributed by atoms with Gasteiger partial charge in [-0.25, -0.2) is 132 Å². The number of halogens is 30. The van der Waals surface area contributed by atoms with Gasteiger partial charge in [-0.1, -0.05) is 0 Å². The summed E-state index contributed by atoms with van der Waals surface area (Å²) in [4.78, 5) is 0. The maximum absolute atomic E-state index is 15.8. The van der Waals surface area contributed by atoms with Crippen molar-refractivity contribution in [3.05, 3.63) is 198 Å². The lowest BCUT2D eigenvalue weighted by Gasteiger charge is -2.51. The van der Waals surface area contributed by atoms with Crippen molar-refractivity contribution < 1.29 is 141 Å². The topological polar surface area (TPSA) is 0 Å². The van der Waals surface area contributed by atoms with Crippen molar-refractivity contribution in [2.24, 2.45) is 0 Å². The van der Waals surface area contributed by atoms with E-state index in [9.17, 15) is 79.0 Å². The number of hydrogen-bond donors (Lipinski definition) is 0. The van der Waals surface area contributed by atoms with Crippen molar-refractivity contribution in [2.75, 3.05) is 13.1 Å². The Hall–Kier alpha value is -7.25. The highest BCUT2D eigenvalue weighted by molar-refractivity contribution is 7.15. The molecule has 6 aromatic rings. The average Bonchev–Trinajstić information content (AvgIpc) is 1.46. The molecule has 4 aliphatic heterocycles. The van der Waals surface area contributed by atoms with Crippen molar-refractivity contribution >= 4 is 45.1 Å². The molecule has 34 heteroatoms. The van der Waals surface area contributed by atoms with Crippen LogP contribution in [0.1, 0.15) is 93.9 Å². The standard InChI is InChI=1S/2C30H21BF15N/c2*1-29(2)6-5-7-30(3,4)47(29)9-10(47)8-31(11-14(32)20(38)26(44)21(39)15(11)33,12-16(34)22(40)27(45)23(41)17(12)35)13-18(36)24(42)28(46)25(43)19(13)37/h2*8H,5-7,9H2,1-4H3/b2*10-8+. The zero-order valence-corrected chi connectivity index (χ0v) is 49.2. The Bertz CT molecular complexity index is 3560. The minimum absolute atomic E-state index is 0.129. The Morgan fingerprint density at radius 3 is 0.457 bits per heavy atom. The van der Waals surface area contributed by atoms with Crippen LogP contribution in [0, 0.1) is 175 Å². The van der Waals surface area contributed by atoms with Crippen LogP contribution in [0.4, 0.5) is 132 Å². The first-order valence-corrected chi connectivity index (χ1v) is 27.7. The Balaban J connectivity index is 0.000000221. The monoisotopic (exact) mass is 1380 g/mol. The fourth-order valence-corrected chi connectivity index (χ4v) is 15.6. The number of benzene rings is 6. The number of nitrogens with zero attached hydrogens (tertiary/aromatic N) is 2. The molecule has 4 heterocycles. The Labute approximate surface area is 511 Å². The van der Waals surface area contributed by atoms with E-state index in [1.165, 1.54) is 0 Å². The minimum Gasteiger partial charge on any atom is -0.276 e. The molecular formula is C60H42B2F30N2. The normalized spacial score (nSPS) is 19.2. The summed E-state index contributed by atoms with van der Waals surface area (Å²) in [6, 6.07) is 0. The molecule has 0 amide bonds. The van der Waals surface area contributed by atoms with Crippen LogP contribution in [-0.4, -0.2) is 56.5 Å². The van der Waals surface area contributed by atoms with E-state index in [2.05, 4.69) is 0 Å². The Morgan fingerprint density at radius 2 is 0.330 bits per heavy atom. The van der Waals surface area contributed by atoms with E-state index in [1.54, 1.807) is 55.4 Å². The number of quaternary nitrogens is 2. The lowest BCUT2D eigenvalue weighted by atomic mass is 9.15. The van der Waals surface area contributed by atoms with E-state index in [0.717, 1.165) is 0 Å². The van der Waals surface area contributed by atoms with Crippen molar-refractivity contribution in [3.63, 3.8) is 0 Å². The summed E-state index contributed by atoms with van der Waals surface area (Å²) in [7, 11) is 0. The van der Waals surface area contributed by atoms with Crippen molar-refractivity contribution in [1.82, 2.24) is 0 Å². The van der Waals surface area contributed by atoms with Crippen LogP contribution in [0.3, 0.4) is 0 Å². The highest BCUT2D eigenvalue weighted by atomic mass is 19.2. The van der Waals surface area contributed by atoms with Gasteiger partial charge in [0.25, 0.3) is 0 Å². The third-order valence-corrected chi connectivity index (χ3v) is 19.9. The van der Waals surface area contributed by atoms with Gasteiger partial charge in [0.05, 0.1) is 22.2 Å². The fraction of sp³-hybridized carbons (Fsp3) is 0.333. The molecular weight excluding hydrogens is 1340 g/mol. The van der Waals surface area contributed by atoms with Crippen LogP contribution in [0.25, 0.3) is 0 Å². The predicted molar refractivity (Wildman–Crippen MR) is 277 cm³/mol. The zero-order chi connectivity index (χ0) is 71.0. The Kier molecular flexibility index (Phi) is 17.2. The molecule has 0 bridgehead atoms. The molecule has 0 saturated carbocycles. The van der Waals surface area contributed by atoms with Gasteiger partial charge in [-0.15, -0.1) is 32.8 Å². The smallest absolute Gasteiger partial charge is 0.200 e. The molecule has 10 rings (SSSR count). The molecule has 0 unspecified atom stereocenters. The van der Waals surface area contributed by atoms with Gasteiger partial charge in [0.2, 0.25) is 0 Å². The van der Waals surface area contributed by atoms with E-state index in [4.69, 9.17) is 0 Å². The summed E-state index contributed by atoms with van der Waals surface area (Å²) in [6.45, 7) is 12.2. The van der Waals surface area contributed by atoms with E-state index in [0.29, 0.717) is 38.5 Å². The molecule has 0 N–H and O–H groups in total. The van der Waals surface area contributed by atoms with E-state index >= 15 is 52.7 Å². The van der Waals surface area contributed by atoms with Gasteiger partial charge in [-0.2, -0.15) is 12.0 Å². The molecule has 0 radical (unpaired) electrons. The van der Waals surface area contributed by atoms with E-state index in [1.807, 2.05) is 0 Å². The van der Waals surface area contributed by atoms with Crippen molar-refractivity contribution in [2.45, 2.75) is 116 Å². The van der Waals surface area contributed by atoms with Gasteiger partial charge in [-0.3, -0.25) is 8.97 Å². The van der Waals surface area contributed by atoms with Crippen LogP contribution in [0.15, 0.2) is 23.3 Å². The molecule has 0 aliphatic carbocycles. The largest absolute Gasteiger partial charge is 0.276 e. The average molecular weight is 1380 g/mol. The maximum Gasteiger partial charge on any atom is 0.200 e. The summed E-state index contributed by atoms with van der Waals surface area (Å²) in [5.41, 5.74) is -20.3. The molecule has 4 aliphatic rings. The van der Waals surface area contributed by atoms with E-state index in [-0.39, 0.29) is 45.4 Å². The van der Waals surface area contributed by atoms with Gasteiger partial charge in [0.1, 0.15) is 93.5 Å². The Morgan fingerprint density at radius 1 is 0.213 bits per heavy atom. The van der Waals surface area contributed by atoms with Crippen LogP contribution < -0.4 is 32.8 Å². The third-order valence-electron chi connectivity index (χ3n) is 19.9. The summed E-state index contributed by atoms with van der Waals surface area (Å²) < 4.78 is 452. The second-order valence-corrected chi connectivity index (χ2v) is 26.0. The lowest BCUT2D eigenvalue weighted by Crippen LogP contribution is -2.72. The van der Waals surface area contributed by atoms with Crippen LogP contribution in [0.2, 0.25) is 0 Å². The van der Waals surface area contributed by atoms with Crippen molar-refractivity contribution in [1.29, 1.82) is 0 Å². The molecule has 94 heavy (non-hydrogen) atoms. The van der Waals surface area contributed by atoms with Gasteiger partial charge in [-0.05, 0) is 68.2 Å². The summed E-state index contributed by atoms with van der Waals surface area (Å²) in [6.07, 6.45) is -9.02. The number of piperidine rings is 2. The quantitative estimate of drug-likeness (QED) is 0.0356. The summed E-state index contributed by atoms with van der Waals surface area (Å²) >= 11 is 0. The van der Waals surface area contributed by atoms with Crippen LogP contribution in [-0.2, 0) is 0 Å². The molecule has 2 nitrogen and oxygen atoms in total. The molecule has 0 atom stereocenters. The second kappa shape index (κ2) is 22.7. The molecule has 6 aromatic carbocycles. The third kappa shape index (κ3) is 9.31. The van der Waals surface area contributed by atoms with E-state index < -0.39 is 242 Å². The fourth-order valence-electron chi connectivity index (χ4n) is 15.6. The van der Waals surface area contributed by atoms with Crippen LogP contribution >= 0.6 is 0 Å². The van der Waals surface area contributed by atoms with Crippen LogP contribution in [0.5, 0.6) is 0 Å². The van der Waals surface area contributed by atoms with Gasteiger partial charge < -0.3 is 0 Å². The van der Waals surface area contributed by atoms with Gasteiger partial charge in [0, 0.05) is 25.7 Å². The first-order chi connectivity index (χ1) is 43.1. The number of rotatable bonds is 8. The molecule has 0 aromatic heterocycles. The first kappa shape index (κ1) is 71.1. The summed E-state index contributed by atoms with van der Waals surface area (Å²) in [5.74, 6) is -89.6. The lowest BCUT2D eigenvalue weighted by molar-refractivity contribution is -0.891. The maximum atomic E-state index is 15.8. The molecule has 2 spiro atoms. The summed E-state index contributed by atoms with van der Waals surface area (Å²) in [5, 5.41) is 0. The van der Waals surface area contributed by atoms with Gasteiger partial charge in [0.15, 0.2) is 118 Å². The van der Waals surface area contributed by atoms with Gasteiger partial charge >= 0.3 is 0 Å². The second-order valence-electron chi connectivity index (χ2n) is 26.0. The molecule has 4 fully saturated rings. The SMILES string of the molecule is CC1(C)CCCC(C)(C)[N+]12C/C2=C\[B-](c1c(F)c(F)c(F)c(F)c1F)(c1c(F)c(F)c(F)c(F)c1F)c1c(F)c(F)c(F)c(F)c1F.CC1(C)CCCC(C)(C)[N+]12C/C2=C\[B-](c1c(F)c(F)c(F)c(F)c1F)(c1c(F)c(F)c(F)c(F)c1F)c1c(F)c(F)c(F)c(F)c1F. The highest BCUT2D eigenvalue weighted by Gasteiger charge is 2.71. The minimum atomic E-state index is -5.72. The number of hydrogen-bond acceptors (Lipinski definition) is 0. The van der Waals surface area contributed by atoms with Crippen molar-refractivity contribution in [3.8, 4) is 0 Å².